The average Bonchev–Trinajstić information content (AvgIpc) is 3.65. The van der Waals surface area contributed by atoms with Crippen LogP contribution in [0.2, 0.25) is 0 Å². The van der Waals surface area contributed by atoms with Gasteiger partial charge in [-0.3, -0.25) is 9.80 Å². The Balaban J connectivity index is 1.49. The number of fused-ring (bicyclic) bond motifs is 1. The molecular formula is C23H30F2N6O2. The van der Waals surface area contributed by atoms with Crippen LogP contribution in [-0.4, -0.2) is 58.2 Å². The van der Waals surface area contributed by atoms with Crippen molar-refractivity contribution < 1.29 is 18.7 Å². The molecule has 2 amide bonds. The predicted molar refractivity (Wildman–Crippen MR) is 123 cm³/mol. The van der Waals surface area contributed by atoms with Gasteiger partial charge in [-0.2, -0.15) is 4.98 Å². The van der Waals surface area contributed by atoms with E-state index in [9.17, 15) is 18.7 Å². The number of benzene rings is 1. The number of anilines is 3. The summed E-state index contributed by atoms with van der Waals surface area (Å²) in [4.78, 5) is 27.4. The molecule has 1 aromatic carbocycles. The van der Waals surface area contributed by atoms with Gasteiger partial charge in [-0.25, -0.2) is 18.6 Å². The van der Waals surface area contributed by atoms with Gasteiger partial charge in [-0.1, -0.05) is 13.8 Å². The molecule has 0 spiro atoms. The van der Waals surface area contributed by atoms with Crippen LogP contribution in [0, 0.1) is 11.6 Å². The normalized spacial score (nSPS) is 15.8. The maximum absolute atomic E-state index is 14.6. The van der Waals surface area contributed by atoms with Crippen LogP contribution in [-0.2, 0) is 6.54 Å². The smallest absolute Gasteiger partial charge is 0.330 e. The molecule has 0 unspecified atom stereocenters. The molecule has 0 saturated heterocycles. The van der Waals surface area contributed by atoms with Crippen molar-refractivity contribution in [2.75, 3.05) is 41.3 Å². The zero-order valence-electron chi connectivity index (χ0n) is 19.0. The highest BCUT2D eigenvalue weighted by atomic mass is 19.1. The summed E-state index contributed by atoms with van der Waals surface area (Å²) >= 11 is 0. The van der Waals surface area contributed by atoms with Crippen molar-refractivity contribution in [3.63, 3.8) is 0 Å². The average molecular weight is 461 g/mol. The molecule has 1 fully saturated rings. The molecule has 2 aromatic rings. The fourth-order valence-electron chi connectivity index (χ4n) is 4.05. The van der Waals surface area contributed by atoms with Crippen LogP contribution in [0.15, 0.2) is 18.3 Å². The molecule has 1 aliphatic heterocycles. The minimum Gasteiger partial charge on any atom is -0.503 e. The molecule has 1 saturated carbocycles. The topological polar surface area (TPSA) is 84.8 Å². The lowest BCUT2D eigenvalue weighted by atomic mass is 10.1. The lowest BCUT2D eigenvalue weighted by molar-refractivity contribution is 0.249. The number of aromatic hydroxyl groups is 1. The van der Waals surface area contributed by atoms with Gasteiger partial charge >= 0.3 is 6.03 Å². The Morgan fingerprint density at radius 1 is 1.21 bits per heavy atom. The molecule has 2 N–H and O–H groups in total. The summed E-state index contributed by atoms with van der Waals surface area (Å²) < 4.78 is 28.1. The van der Waals surface area contributed by atoms with Crippen molar-refractivity contribution in [1.29, 1.82) is 0 Å². The zero-order chi connectivity index (χ0) is 23.5. The largest absolute Gasteiger partial charge is 0.503 e. The highest BCUT2D eigenvalue weighted by Crippen LogP contribution is 2.40. The Kier molecular flexibility index (Phi) is 6.92. The Bertz CT molecular complexity index is 1010. The molecule has 10 heteroatoms. The number of hydrogen-bond acceptors (Lipinski definition) is 6. The van der Waals surface area contributed by atoms with Crippen LogP contribution in [0.5, 0.6) is 5.75 Å². The SMILES string of the molecule is CCN(CC)CCCCNc1ncc2c(n1)N(C1CC1)C(=O)N(c1ccc(F)c(O)c1F)C2. The molecule has 0 radical (unpaired) electrons. The zero-order valence-corrected chi connectivity index (χ0v) is 19.0. The second-order valence-corrected chi connectivity index (χ2v) is 8.40. The van der Waals surface area contributed by atoms with E-state index in [2.05, 4.69) is 34.0 Å². The number of nitrogens with zero attached hydrogens (tertiary/aromatic N) is 5. The molecule has 2 aliphatic rings. The number of urea groups is 1. The van der Waals surface area contributed by atoms with Crippen molar-refractivity contribution in [3.05, 3.63) is 35.5 Å². The van der Waals surface area contributed by atoms with Crippen LogP contribution in [0.25, 0.3) is 0 Å². The molecule has 0 bridgehead atoms. The number of hydrogen-bond donors (Lipinski definition) is 2. The summed E-state index contributed by atoms with van der Waals surface area (Å²) in [6.45, 7) is 8.21. The number of rotatable bonds is 10. The number of phenols is 1. The third-order valence-electron chi connectivity index (χ3n) is 6.16. The molecule has 0 atom stereocenters. The second kappa shape index (κ2) is 9.86. The van der Waals surface area contributed by atoms with Gasteiger partial charge in [0, 0.05) is 24.3 Å². The summed E-state index contributed by atoms with van der Waals surface area (Å²) in [5, 5.41) is 12.9. The minimum absolute atomic E-state index is 0.0204. The number of carbonyl (C=O) groups excluding carboxylic acids is 1. The first kappa shape index (κ1) is 23.2. The quantitative estimate of drug-likeness (QED) is 0.520. The third kappa shape index (κ3) is 4.85. The molecule has 33 heavy (non-hydrogen) atoms. The Morgan fingerprint density at radius 2 is 1.97 bits per heavy atom. The number of carbonyl (C=O) groups is 1. The van der Waals surface area contributed by atoms with Crippen LogP contribution >= 0.6 is 0 Å². The van der Waals surface area contributed by atoms with E-state index in [1.54, 1.807) is 11.1 Å². The van der Waals surface area contributed by atoms with Gasteiger partial charge in [0.15, 0.2) is 17.4 Å². The Hall–Kier alpha value is -3.01. The van der Waals surface area contributed by atoms with Gasteiger partial charge in [0.2, 0.25) is 5.95 Å². The van der Waals surface area contributed by atoms with Crippen molar-refractivity contribution in [3.8, 4) is 5.75 Å². The van der Waals surface area contributed by atoms with Gasteiger partial charge in [0.1, 0.15) is 5.82 Å². The van der Waals surface area contributed by atoms with Crippen molar-refractivity contribution in [1.82, 2.24) is 14.9 Å². The Labute approximate surface area is 192 Å². The summed E-state index contributed by atoms with van der Waals surface area (Å²) in [7, 11) is 0. The molecular weight excluding hydrogens is 430 g/mol. The molecule has 1 aromatic heterocycles. The molecule has 2 heterocycles. The highest BCUT2D eigenvalue weighted by molar-refractivity contribution is 6.06. The molecule has 4 rings (SSSR count). The number of unbranched alkanes of at least 4 members (excludes halogenated alkanes) is 1. The summed E-state index contributed by atoms with van der Waals surface area (Å²) in [5.74, 6) is -2.36. The van der Waals surface area contributed by atoms with E-state index in [1.807, 2.05) is 0 Å². The number of amides is 2. The number of nitrogens with one attached hydrogen (secondary N) is 1. The van der Waals surface area contributed by atoms with E-state index in [4.69, 9.17) is 0 Å². The maximum atomic E-state index is 14.6. The van der Waals surface area contributed by atoms with E-state index >= 15 is 0 Å². The van der Waals surface area contributed by atoms with Gasteiger partial charge in [-0.15, -0.1) is 0 Å². The predicted octanol–water partition coefficient (Wildman–Crippen LogP) is 4.10. The summed E-state index contributed by atoms with van der Waals surface area (Å²) in [6, 6.07) is 1.64. The lowest BCUT2D eigenvalue weighted by Crippen LogP contribution is -2.49. The van der Waals surface area contributed by atoms with Crippen molar-refractivity contribution in [2.45, 2.75) is 52.1 Å². The van der Waals surface area contributed by atoms with E-state index < -0.39 is 23.4 Å². The van der Waals surface area contributed by atoms with Gasteiger partial charge < -0.3 is 15.3 Å². The fourth-order valence-corrected chi connectivity index (χ4v) is 4.05. The highest BCUT2D eigenvalue weighted by Gasteiger charge is 2.42. The van der Waals surface area contributed by atoms with Crippen molar-refractivity contribution >= 4 is 23.5 Å². The second-order valence-electron chi connectivity index (χ2n) is 8.40. The number of phenolic OH excluding ortho intramolecular Hbond substituents is 1. The van der Waals surface area contributed by atoms with Crippen LogP contribution in [0.4, 0.5) is 31.0 Å². The number of aromatic nitrogens is 2. The lowest BCUT2D eigenvalue weighted by Gasteiger charge is -2.36. The minimum atomic E-state index is -1.16. The van der Waals surface area contributed by atoms with E-state index in [-0.39, 0.29) is 18.3 Å². The van der Waals surface area contributed by atoms with E-state index in [1.165, 1.54) is 4.90 Å². The molecule has 1 aliphatic carbocycles. The molecule has 8 nitrogen and oxygen atoms in total. The first-order chi connectivity index (χ1) is 15.9. The van der Waals surface area contributed by atoms with Crippen LogP contribution in [0.3, 0.4) is 0 Å². The molecule has 178 valence electrons. The monoisotopic (exact) mass is 460 g/mol. The van der Waals surface area contributed by atoms with Gasteiger partial charge in [0.05, 0.1) is 12.2 Å². The van der Waals surface area contributed by atoms with Crippen molar-refractivity contribution in [2.24, 2.45) is 0 Å². The van der Waals surface area contributed by atoms with Crippen LogP contribution < -0.4 is 15.1 Å². The third-order valence-corrected chi connectivity index (χ3v) is 6.16. The van der Waals surface area contributed by atoms with E-state index in [0.29, 0.717) is 17.3 Å². The number of halogens is 2. The maximum Gasteiger partial charge on any atom is 0.330 e. The summed E-state index contributed by atoms with van der Waals surface area (Å²) in [5.41, 5.74) is 0.488. The van der Waals surface area contributed by atoms with Gasteiger partial charge in [-0.05, 0) is 57.5 Å². The van der Waals surface area contributed by atoms with Crippen LogP contribution in [0.1, 0.15) is 45.1 Å². The van der Waals surface area contributed by atoms with E-state index in [0.717, 1.165) is 64.0 Å². The first-order valence-corrected chi connectivity index (χ1v) is 11.5. The fraction of sp³-hybridized carbons (Fsp3) is 0.522. The van der Waals surface area contributed by atoms with Gasteiger partial charge in [0.25, 0.3) is 0 Å². The Morgan fingerprint density at radius 3 is 2.67 bits per heavy atom. The first-order valence-electron chi connectivity index (χ1n) is 11.5. The summed E-state index contributed by atoms with van der Waals surface area (Å²) in [6.07, 6.45) is 5.33. The standard InChI is InChI=1S/C23H30F2N6O2/c1-3-29(4-2)12-6-5-11-26-22-27-13-15-14-30(18-10-9-17(24)20(32)19(18)25)23(33)31(16-7-8-16)21(15)28-22/h9-10,13,16,32H,3-8,11-12,14H2,1-2H3,(H,26,27,28).